The highest BCUT2D eigenvalue weighted by Crippen LogP contribution is 2.32. The Kier molecular flexibility index (Phi) is 5.43. The third kappa shape index (κ3) is 3.81. The minimum atomic E-state index is 0.291. The van der Waals surface area contributed by atoms with E-state index in [0.717, 1.165) is 17.4 Å². The van der Waals surface area contributed by atoms with Gasteiger partial charge in [0.1, 0.15) is 6.10 Å². The van der Waals surface area contributed by atoms with Gasteiger partial charge in [0, 0.05) is 6.54 Å². The topological polar surface area (TPSA) is 47.0 Å². The molecule has 1 N–H and O–H groups in total. The molecule has 4 nitrogen and oxygen atoms in total. The fourth-order valence-corrected chi connectivity index (χ4v) is 2.90. The van der Waals surface area contributed by atoms with Gasteiger partial charge in [-0.15, -0.1) is 0 Å². The molecule has 1 aliphatic rings. The molecule has 2 unspecified atom stereocenters. The first-order valence-corrected chi connectivity index (χ1v) is 7.97. The van der Waals surface area contributed by atoms with Crippen LogP contribution >= 0.6 is 15.9 Å². The van der Waals surface area contributed by atoms with E-state index in [4.69, 9.17) is 4.74 Å². The molecule has 2 rings (SSSR count). The lowest BCUT2D eigenvalue weighted by Crippen LogP contribution is -2.30. The van der Waals surface area contributed by atoms with Crippen LogP contribution in [0.2, 0.25) is 0 Å². The molecule has 1 aliphatic carbocycles. The van der Waals surface area contributed by atoms with Crippen LogP contribution in [0.3, 0.4) is 0 Å². The maximum atomic E-state index is 6.14. The van der Waals surface area contributed by atoms with Crippen LogP contribution in [0.15, 0.2) is 10.7 Å². The minimum Gasteiger partial charge on any atom is -0.473 e. The molecule has 0 bridgehead atoms. The zero-order chi connectivity index (χ0) is 13.7. The van der Waals surface area contributed by atoms with Gasteiger partial charge in [-0.3, -0.25) is 0 Å². The fraction of sp³-hybridized carbons (Fsp3) is 0.714. The molecule has 19 heavy (non-hydrogen) atoms. The Morgan fingerprint density at radius 1 is 1.37 bits per heavy atom. The maximum Gasteiger partial charge on any atom is 0.233 e. The van der Waals surface area contributed by atoms with Crippen molar-refractivity contribution in [2.24, 2.45) is 5.92 Å². The molecule has 0 saturated heterocycles. The van der Waals surface area contributed by atoms with Crippen LogP contribution in [0, 0.1) is 5.92 Å². The van der Waals surface area contributed by atoms with Gasteiger partial charge in [-0.1, -0.05) is 13.3 Å². The summed E-state index contributed by atoms with van der Waals surface area (Å²) >= 11 is 3.47. The van der Waals surface area contributed by atoms with Gasteiger partial charge in [0.2, 0.25) is 11.8 Å². The largest absolute Gasteiger partial charge is 0.473 e. The lowest BCUT2D eigenvalue weighted by Gasteiger charge is -2.31. The zero-order valence-electron chi connectivity index (χ0n) is 11.7. The van der Waals surface area contributed by atoms with Gasteiger partial charge in [0.15, 0.2) is 0 Å². The summed E-state index contributed by atoms with van der Waals surface area (Å²) in [4.78, 5) is 8.65. The summed E-state index contributed by atoms with van der Waals surface area (Å²) in [7, 11) is 0. The van der Waals surface area contributed by atoms with E-state index in [1.807, 2.05) is 6.92 Å². The summed E-state index contributed by atoms with van der Waals surface area (Å²) < 4.78 is 6.97. The molecule has 5 heteroatoms. The first-order valence-electron chi connectivity index (χ1n) is 7.17. The number of nitrogens with one attached hydrogen (secondary N) is 1. The Bertz CT molecular complexity index is 414. The standard InChI is InChI=1S/C14H22BrN3O/c1-3-10-7-5-6-8-12(10)19-13-11(15)9-17-14(18-13)16-4-2/h9-10,12H,3-8H2,1-2H3,(H,16,17,18). The molecule has 0 aromatic carbocycles. The van der Waals surface area contributed by atoms with E-state index in [1.54, 1.807) is 6.20 Å². The highest BCUT2D eigenvalue weighted by molar-refractivity contribution is 9.10. The third-order valence-corrected chi connectivity index (χ3v) is 4.22. The Morgan fingerprint density at radius 2 is 2.16 bits per heavy atom. The van der Waals surface area contributed by atoms with Crippen molar-refractivity contribution < 1.29 is 4.74 Å². The smallest absolute Gasteiger partial charge is 0.233 e. The van der Waals surface area contributed by atoms with Gasteiger partial charge in [0.25, 0.3) is 0 Å². The summed E-state index contributed by atoms with van der Waals surface area (Å²) in [5.74, 6) is 1.94. The van der Waals surface area contributed by atoms with Crippen LogP contribution in [-0.2, 0) is 0 Å². The van der Waals surface area contributed by atoms with Crippen molar-refractivity contribution in [3.05, 3.63) is 10.7 Å². The molecule has 1 saturated carbocycles. The number of hydrogen-bond donors (Lipinski definition) is 1. The van der Waals surface area contributed by atoms with Gasteiger partial charge in [-0.25, -0.2) is 4.98 Å². The summed E-state index contributed by atoms with van der Waals surface area (Å²) in [6.45, 7) is 5.08. The number of aromatic nitrogens is 2. The van der Waals surface area contributed by atoms with E-state index in [9.17, 15) is 0 Å². The van der Waals surface area contributed by atoms with Crippen LogP contribution in [0.5, 0.6) is 5.88 Å². The number of nitrogens with zero attached hydrogens (tertiary/aromatic N) is 2. The van der Waals surface area contributed by atoms with Gasteiger partial charge in [0.05, 0.1) is 10.7 Å². The summed E-state index contributed by atoms with van der Waals surface area (Å²) in [5.41, 5.74) is 0. The minimum absolute atomic E-state index is 0.291. The van der Waals surface area contributed by atoms with Crippen LogP contribution in [0.4, 0.5) is 5.95 Å². The second kappa shape index (κ2) is 7.08. The van der Waals surface area contributed by atoms with Crippen LogP contribution in [-0.4, -0.2) is 22.6 Å². The first kappa shape index (κ1) is 14.6. The fourth-order valence-electron chi connectivity index (χ4n) is 2.62. The van der Waals surface area contributed by atoms with Gasteiger partial charge < -0.3 is 10.1 Å². The predicted octanol–water partition coefficient (Wildman–Crippen LogP) is 4.02. The zero-order valence-corrected chi connectivity index (χ0v) is 13.2. The van der Waals surface area contributed by atoms with Crippen molar-refractivity contribution in [3.63, 3.8) is 0 Å². The predicted molar refractivity (Wildman–Crippen MR) is 80.6 cm³/mol. The Hall–Kier alpha value is -0.840. The van der Waals surface area contributed by atoms with Gasteiger partial charge >= 0.3 is 0 Å². The van der Waals surface area contributed by atoms with E-state index in [0.29, 0.717) is 23.9 Å². The van der Waals surface area contributed by atoms with Crippen molar-refractivity contribution >= 4 is 21.9 Å². The van der Waals surface area contributed by atoms with E-state index >= 15 is 0 Å². The van der Waals surface area contributed by atoms with Crippen LogP contribution < -0.4 is 10.1 Å². The Balaban J connectivity index is 2.10. The molecule has 2 atom stereocenters. The number of hydrogen-bond acceptors (Lipinski definition) is 4. The third-order valence-electron chi connectivity index (χ3n) is 3.67. The molecule has 0 aliphatic heterocycles. The molecule has 0 amide bonds. The van der Waals surface area contributed by atoms with Crippen molar-refractivity contribution in [3.8, 4) is 5.88 Å². The number of halogens is 1. The number of anilines is 1. The van der Waals surface area contributed by atoms with Gasteiger partial charge in [-0.2, -0.15) is 4.98 Å². The molecule has 1 aromatic rings. The monoisotopic (exact) mass is 327 g/mol. The second-order valence-electron chi connectivity index (χ2n) is 4.99. The molecular formula is C14H22BrN3O. The van der Waals surface area contributed by atoms with E-state index in [1.165, 1.54) is 25.7 Å². The second-order valence-corrected chi connectivity index (χ2v) is 5.84. The highest BCUT2D eigenvalue weighted by atomic mass is 79.9. The first-order chi connectivity index (χ1) is 9.24. The lowest BCUT2D eigenvalue weighted by atomic mass is 9.85. The van der Waals surface area contributed by atoms with Crippen LogP contribution in [0.25, 0.3) is 0 Å². The summed E-state index contributed by atoms with van der Waals surface area (Å²) in [5, 5.41) is 3.11. The normalized spacial score (nSPS) is 23.1. The maximum absolute atomic E-state index is 6.14. The van der Waals surface area contributed by atoms with Crippen molar-refractivity contribution in [1.29, 1.82) is 0 Å². The molecule has 1 fully saturated rings. The Labute approximate surface area is 123 Å². The van der Waals surface area contributed by atoms with E-state index < -0.39 is 0 Å². The lowest BCUT2D eigenvalue weighted by molar-refractivity contribution is 0.0850. The molecule has 106 valence electrons. The van der Waals surface area contributed by atoms with Crippen molar-refractivity contribution in [2.45, 2.75) is 52.1 Å². The molecule has 1 heterocycles. The molecular weight excluding hydrogens is 306 g/mol. The average Bonchev–Trinajstić information content (AvgIpc) is 2.43. The number of rotatable bonds is 5. The summed E-state index contributed by atoms with van der Waals surface area (Å²) in [6.07, 6.45) is 8.20. The molecule has 1 aromatic heterocycles. The van der Waals surface area contributed by atoms with E-state index in [-0.39, 0.29) is 0 Å². The van der Waals surface area contributed by atoms with Crippen molar-refractivity contribution in [2.75, 3.05) is 11.9 Å². The van der Waals surface area contributed by atoms with Crippen LogP contribution in [0.1, 0.15) is 46.0 Å². The highest BCUT2D eigenvalue weighted by Gasteiger charge is 2.26. The SMILES string of the molecule is CCNc1ncc(Br)c(OC2CCCCC2CC)n1. The van der Waals surface area contributed by atoms with Gasteiger partial charge in [-0.05, 0) is 54.5 Å². The van der Waals surface area contributed by atoms with Crippen molar-refractivity contribution in [1.82, 2.24) is 9.97 Å². The summed E-state index contributed by atoms with van der Waals surface area (Å²) in [6, 6.07) is 0. The average molecular weight is 328 g/mol. The Morgan fingerprint density at radius 3 is 2.89 bits per heavy atom. The molecule has 0 spiro atoms. The molecule has 0 radical (unpaired) electrons. The number of ether oxygens (including phenoxy) is 1. The quantitative estimate of drug-likeness (QED) is 0.887. The van der Waals surface area contributed by atoms with E-state index in [2.05, 4.69) is 38.1 Å².